The molecule has 0 saturated heterocycles. The Kier molecular flexibility index (Phi) is 8.53. The van der Waals surface area contributed by atoms with Crippen LogP contribution in [-0.2, 0) is 6.18 Å². The fraction of sp³-hybridized carbons (Fsp3) is 0.276. The number of hydrogen-bond donors (Lipinski definition) is 2. The van der Waals surface area contributed by atoms with Gasteiger partial charge in [-0.2, -0.15) is 13.2 Å². The fourth-order valence-electron chi connectivity index (χ4n) is 4.29. The third-order valence-electron chi connectivity index (χ3n) is 6.43. The van der Waals surface area contributed by atoms with E-state index in [0.29, 0.717) is 34.8 Å². The first-order valence-corrected chi connectivity index (χ1v) is 12.6. The van der Waals surface area contributed by atoms with Gasteiger partial charge < -0.3 is 20.4 Å². The van der Waals surface area contributed by atoms with Crippen LogP contribution >= 0.6 is 0 Å². The number of nitrogens with zero attached hydrogens (tertiary/aromatic N) is 4. The first kappa shape index (κ1) is 28.8. The van der Waals surface area contributed by atoms with Gasteiger partial charge in [0, 0.05) is 32.2 Å². The summed E-state index contributed by atoms with van der Waals surface area (Å²) in [6.07, 6.45) is -2.21. The summed E-state index contributed by atoms with van der Waals surface area (Å²) in [5.41, 5.74) is 1.08. The molecule has 2 N–H and O–H groups in total. The van der Waals surface area contributed by atoms with Gasteiger partial charge in [-0.15, -0.1) is 0 Å². The van der Waals surface area contributed by atoms with Gasteiger partial charge in [0.2, 0.25) is 5.95 Å². The highest BCUT2D eigenvalue weighted by Gasteiger charge is 2.31. The van der Waals surface area contributed by atoms with Crippen molar-refractivity contribution in [2.24, 2.45) is 0 Å². The van der Waals surface area contributed by atoms with Crippen molar-refractivity contribution in [3.05, 3.63) is 77.7 Å². The van der Waals surface area contributed by atoms with Gasteiger partial charge in [0.15, 0.2) is 0 Å². The minimum absolute atomic E-state index is 0.0554. The zero-order valence-electron chi connectivity index (χ0n) is 22.6. The number of alkyl halides is 3. The van der Waals surface area contributed by atoms with E-state index >= 15 is 0 Å². The summed E-state index contributed by atoms with van der Waals surface area (Å²) in [5, 5.41) is 6.14. The second-order valence-electron chi connectivity index (χ2n) is 9.67. The van der Waals surface area contributed by atoms with E-state index < -0.39 is 23.5 Å². The first-order valence-electron chi connectivity index (χ1n) is 12.6. The van der Waals surface area contributed by atoms with Gasteiger partial charge in [-0.3, -0.25) is 4.79 Å². The molecule has 1 aromatic heterocycles. The van der Waals surface area contributed by atoms with Gasteiger partial charge in [0.05, 0.1) is 28.0 Å². The molecule has 0 aliphatic carbocycles. The molecular formula is C29H30F4N6O. The van der Waals surface area contributed by atoms with E-state index in [4.69, 9.17) is 0 Å². The van der Waals surface area contributed by atoms with Crippen molar-refractivity contribution < 1.29 is 22.4 Å². The number of fused-ring (bicyclic) bond motifs is 1. The Balaban J connectivity index is 1.65. The van der Waals surface area contributed by atoms with Gasteiger partial charge in [-0.05, 0) is 80.7 Å². The number of amides is 1. The maximum atomic E-state index is 14.9. The zero-order valence-corrected chi connectivity index (χ0v) is 22.6. The van der Waals surface area contributed by atoms with Gasteiger partial charge in [0.25, 0.3) is 5.91 Å². The highest BCUT2D eigenvalue weighted by Crippen LogP contribution is 2.36. The predicted octanol–water partition coefficient (Wildman–Crippen LogP) is 6.14. The van der Waals surface area contributed by atoms with E-state index in [0.717, 1.165) is 36.6 Å². The summed E-state index contributed by atoms with van der Waals surface area (Å²) < 4.78 is 55.4. The molecule has 7 nitrogen and oxygen atoms in total. The lowest BCUT2D eigenvalue weighted by molar-refractivity contribution is -0.137. The molecule has 1 amide bonds. The predicted molar refractivity (Wildman–Crippen MR) is 150 cm³/mol. The summed E-state index contributed by atoms with van der Waals surface area (Å²) >= 11 is 0. The fourth-order valence-corrected chi connectivity index (χ4v) is 4.29. The third-order valence-corrected chi connectivity index (χ3v) is 6.43. The van der Waals surface area contributed by atoms with Crippen molar-refractivity contribution in [3.8, 4) is 11.1 Å². The lowest BCUT2D eigenvalue weighted by Gasteiger charge is -2.24. The minimum atomic E-state index is -4.61. The van der Waals surface area contributed by atoms with Crippen molar-refractivity contribution in [3.63, 3.8) is 0 Å². The average Bonchev–Trinajstić information content (AvgIpc) is 2.91. The molecule has 0 spiro atoms. The van der Waals surface area contributed by atoms with Gasteiger partial charge >= 0.3 is 6.18 Å². The second kappa shape index (κ2) is 11.9. The molecule has 3 aromatic carbocycles. The van der Waals surface area contributed by atoms with E-state index in [1.54, 1.807) is 37.3 Å². The molecule has 0 saturated carbocycles. The molecule has 1 heterocycles. The van der Waals surface area contributed by atoms with Crippen LogP contribution in [0.25, 0.3) is 22.0 Å². The molecule has 210 valence electrons. The van der Waals surface area contributed by atoms with Crippen LogP contribution in [0.3, 0.4) is 0 Å². The van der Waals surface area contributed by atoms with Crippen LogP contribution < -0.4 is 15.5 Å². The van der Waals surface area contributed by atoms with Crippen molar-refractivity contribution in [1.82, 2.24) is 14.9 Å². The molecule has 40 heavy (non-hydrogen) atoms. The standard InChI is InChI=1S/C29H30F4N6O/c1-34-28-35-17-20-14-18(7-10-24(20)37-28)19-6-9-23(30)22(15-19)27(40)36-25-16-21(29(31,32)33)8-11-26(25)39(4)13-5-12-38(2)3/h6-11,14-17H,5,12-13H2,1-4H3,(H,36,40)(H,34,35,37). The lowest BCUT2D eigenvalue weighted by atomic mass is 10.0. The maximum absolute atomic E-state index is 14.9. The van der Waals surface area contributed by atoms with Crippen LogP contribution in [0.5, 0.6) is 0 Å². The number of carbonyl (C=O) groups excluding carboxylic acids is 1. The van der Waals surface area contributed by atoms with Crippen LogP contribution in [0, 0.1) is 5.82 Å². The molecule has 0 radical (unpaired) electrons. The number of hydrogen-bond acceptors (Lipinski definition) is 6. The van der Waals surface area contributed by atoms with Gasteiger partial charge in [0.1, 0.15) is 5.82 Å². The molecule has 0 bridgehead atoms. The molecule has 0 atom stereocenters. The minimum Gasteiger partial charge on any atom is -0.373 e. The lowest BCUT2D eigenvalue weighted by Crippen LogP contribution is -2.25. The number of nitrogens with one attached hydrogen (secondary N) is 2. The largest absolute Gasteiger partial charge is 0.416 e. The average molecular weight is 555 g/mol. The second-order valence-corrected chi connectivity index (χ2v) is 9.67. The molecule has 0 aliphatic heterocycles. The van der Waals surface area contributed by atoms with Crippen molar-refractivity contribution in [1.29, 1.82) is 0 Å². The Morgan fingerprint density at radius 3 is 2.38 bits per heavy atom. The number of rotatable bonds is 9. The van der Waals surface area contributed by atoms with Crippen LogP contribution in [-0.4, -0.2) is 62.1 Å². The summed E-state index contributed by atoms with van der Waals surface area (Å²) in [5.74, 6) is -1.18. The van der Waals surface area contributed by atoms with E-state index in [1.807, 2.05) is 25.1 Å². The van der Waals surface area contributed by atoms with E-state index in [-0.39, 0.29) is 11.3 Å². The summed E-state index contributed by atoms with van der Waals surface area (Å²) in [6.45, 7) is 1.32. The van der Waals surface area contributed by atoms with E-state index in [9.17, 15) is 22.4 Å². The summed E-state index contributed by atoms with van der Waals surface area (Å²) in [4.78, 5) is 25.6. The molecule has 11 heteroatoms. The molecule has 4 rings (SSSR count). The third kappa shape index (κ3) is 6.66. The quantitative estimate of drug-likeness (QED) is 0.242. The molecule has 0 unspecified atom stereocenters. The zero-order chi connectivity index (χ0) is 29.0. The smallest absolute Gasteiger partial charge is 0.373 e. The molecule has 0 aliphatic rings. The Morgan fingerprint density at radius 1 is 0.950 bits per heavy atom. The Morgan fingerprint density at radius 2 is 1.68 bits per heavy atom. The monoisotopic (exact) mass is 554 g/mol. The van der Waals surface area contributed by atoms with Crippen LogP contribution in [0.4, 0.5) is 34.9 Å². The first-order chi connectivity index (χ1) is 19.0. The molecule has 4 aromatic rings. The highest BCUT2D eigenvalue weighted by atomic mass is 19.4. The van der Waals surface area contributed by atoms with E-state index in [2.05, 4.69) is 20.6 Å². The van der Waals surface area contributed by atoms with Gasteiger partial charge in [-0.1, -0.05) is 12.1 Å². The number of benzene rings is 3. The number of halogens is 4. The van der Waals surface area contributed by atoms with Crippen molar-refractivity contribution >= 4 is 34.1 Å². The normalized spacial score (nSPS) is 11.6. The Bertz CT molecular complexity index is 1520. The molecule has 0 fully saturated rings. The number of carbonyl (C=O) groups is 1. The van der Waals surface area contributed by atoms with Crippen molar-refractivity contribution in [2.75, 3.05) is 56.8 Å². The van der Waals surface area contributed by atoms with Crippen molar-refractivity contribution in [2.45, 2.75) is 12.6 Å². The summed E-state index contributed by atoms with van der Waals surface area (Å²) in [6, 6.07) is 12.6. The highest BCUT2D eigenvalue weighted by molar-refractivity contribution is 6.07. The Labute approximate surface area is 229 Å². The van der Waals surface area contributed by atoms with Crippen LogP contribution in [0.15, 0.2) is 60.8 Å². The number of aromatic nitrogens is 2. The molecular weight excluding hydrogens is 524 g/mol. The Hall–Kier alpha value is -4.25. The van der Waals surface area contributed by atoms with E-state index in [1.165, 1.54) is 18.2 Å². The van der Waals surface area contributed by atoms with Crippen LogP contribution in [0.1, 0.15) is 22.3 Å². The number of anilines is 3. The maximum Gasteiger partial charge on any atom is 0.416 e. The SMILES string of the molecule is CNc1ncc2cc(-c3ccc(F)c(C(=O)Nc4cc(C(F)(F)F)ccc4N(C)CCCN(C)C)c3)ccc2n1. The van der Waals surface area contributed by atoms with Crippen LogP contribution in [0.2, 0.25) is 0 Å². The van der Waals surface area contributed by atoms with Gasteiger partial charge in [-0.25, -0.2) is 14.4 Å². The summed E-state index contributed by atoms with van der Waals surface area (Å²) in [7, 11) is 7.31. The topological polar surface area (TPSA) is 73.4 Å².